The topological polar surface area (TPSA) is 79.9 Å². The Kier molecular flexibility index (Phi) is 7.47. The van der Waals surface area contributed by atoms with Crippen molar-refractivity contribution in [1.29, 1.82) is 0 Å². The van der Waals surface area contributed by atoms with Crippen LogP contribution in [0.15, 0.2) is 73.3 Å². The Balaban J connectivity index is 1.52. The van der Waals surface area contributed by atoms with Gasteiger partial charge < -0.3 is 25.0 Å². The highest BCUT2D eigenvalue weighted by molar-refractivity contribution is 6.32. The molecule has 1 heterocycles. The number of amides is 1. The lowest BCUT2D eigenvalue weighted by Gasteiger charge is -2.29. The van der Waals surface area contributed by atoms with Gasteiger partial charge in [0.15, 0.2) is 6.29 Å². The number of rotatable bonds is 8. The van der Waals surface area contributed by atoms with Crippen LogP contribution >= 0.6 is 11.6 Å². The van der Waals surface area contributed by atoms with Crippen LogP contribution in [0, 0.1) is 0 Å². The Bertz CT molecular complexity index is 1210. The molecule has 0 bridgehead atoms. The molecule has 1 aliphatic rings. The molecule has 1 saturated heterocycles. The second-order valence-electron chi connectivity index (χ2n) is 7.58. The number of benzene rings is 3. The molecule has 2 N–H and O–H groups in total. The molecule has 3 aromatic carbocycles. The Morgan fingerprint density at radius 1 is 1.06 bits per heavy atom. The van der Waals surface area contributed by atoms with Crippen molar-refractivity contribution in [2.24, 2.45) is 0 Å². The Morgan fingerprint density at radius 3 is 2.65 bits per heavy atom. The molecule has 0 spiro atoms. The van der Waals surface area contributed by atoms with Crippen LogP contribution in [0.1, 0.15) is 10.4 Å². The minimum absolute atomic E-state index is 0.313. The molecule has 174 valence electrons. The Morgan fingerprint density at radius 2 is 1.88 bits per heavy atom. The van der Waals surface area contributed by atoms with E-state index < -0.39 is 0 Å². The maximum atomic E-state index is 11.8. The molecule has 1 aliphatic heterocycles. The molecule has 0 saturated carbocycles. The maximum Gasteiger partial charge on any atom is 0.247 e. The number of nitrogens with zero attached hydrogens (tertiary/aromatic N) is 1. The number of morpholine rings is 1. The monoisotopic (exact) mass is 477 g/mol. The lowest BCUT2D eigenvalue weighted by atomic mass is 10.1. The molecular formula is C26H24ClN3O4. The van der Waals surface area contributed by atoms with E-state index in [1.807, 2.05) is 18.2 Å². The fraction of sp³-hybridized carbons (Fsp3) is 0.154. The summed E-state index contributed by atoms with van der Waals surface area (Å²) in [5, 5.41) is 6.38. The number of carbonyl (C=O) groups is 2. The van der Waals surface area contributed by atoms with E-state index in [1.54, 1.807) is 42.5 Å². The van der Waals surface area contributed by atoms with Gasteiger partial charge in [-0.1, -0.05) is 24.2 Å². The smallest absolute Gasteiger partial charge is 0.247 e. The van der Waals surface area contributed by atoms with Gasteiger partial charge in [0.1, 0.15) is 11.5 Å². The molecule has 0 unspecified atom stereocenters. The van der Waals surface area contributed by atoms with Crippen molar-refractivity contribution in [1.82, 2.24) is 0 Å². The van der Waals surface area contributed by atoms with Crippen molar-refractivity contribution in [3.05, 3.63) is 83.9 Å². The minimum Gasteiger partial charge on any atom is -0.456 e. The van der Waals surface area contributed by atoms with Gasteiger partial charge in [-0.25, -0.2) is 0 Å². The fourth-order valence-electron chi connectivity index (χ4n) is 3.55. The summed E-state index contributed by atoms with van der Waals surface area (Å²) in [6.07, 6.45) is 2.03. The molecule has 1 amide bonds. The average molecular weight is 478 g/mol. The van der Waals surface area contributed by atoms with Crippen molar-refractivity contribution in [2.75, 3.05) is 41.8 Å². The van der Waals surface area contributed by atoms with Gasteiger partial charge in [0.05, 0.1) is 18.2 Å². The van der Waals surface area contributed by atoms with Crippen LogP contribution in [-0.2, 0) is 9.53 Å². The quantitative estimate of drug-likeness (QED) is 0.322. The van der Waals surface area contributed by atoms with Crippen LogP contribution < -0.4 is 20.3 Å². The number of anilines is 4. The third kappa shape index (κ3) is 5.75. The van der Waals surface area contributed by atoms with E-state index in [9.17, 15) is 9.59 Å². The third-order valence-corrected chi connectivity index (χ3v) is 5.58. The van der Waals surface area contributed by atoms with Crippen LogP contribution in [0.5, 0.6) is 11.5 Å². The highest BCUT2D eigenvalue weighted by Gasteiger charge is 2.14. The molecule has 0 radical (unpaired) electrons. The summed E-state index contributed by atoms with van der Waals surface area (Å²) < 4.78 is 11.4. The van der Waals surface area contributed by atoms with E-state index >= 15 is 0 Å². The van der Waals surface area contributed by atoms with E-state index in [2.05, 4.69) is 22.1 Å². The largest absolute Gasteiger partial charge is 0.456 e. The van der Waals surface area contributed by atoms with Crippen LogP contribution in [0.25, 0.3) is 0 Å². The number of hydrogen-bond donors (Lipinski definition) is 2. The Hall–Kier alpha value is -3.81. The molecular weight excluding hydrogens is 454 g/mol. The van der Waals surface area contributed by atoms with Crippen LogP contribution in [0.4, 0.5) is 22.7 Å². The molecule has 7 nitrogen and oxygen atoms in total. The number of ether oxygens (including phenoxy) is 2. The SMILES string of the molecule is C=CC(=O)Nc1cccc(Oc2cc(Nc3ccc(N4CCOCC4)cc3C=O)ccc2Cl)c1. The lowest BCUT2D eigenvalue weighted by Crippen LogP contribution is -2.36. The van der Waals surface area contributed by atoms with E-state index in [0.29, 0.717) is 52.4 Å². The summed E-state index contributed by atoms with van der Waals surface area (Å²) in [5.41, 5.74) is 3.49. The Labute approximate surface area is 202 Å². The van der Waals surface area contributed by atoms with Crippen LogP contribution in [-0.4, -0.2) is 38.5 Å². The third-order valence-electron chi connectivity index (χ3n) is 5.26. The summed E-state index contributed by atoms with van der Waals surface area (Å²) in [4.78, 5) is 25.5. The summed E-state index contributed by atoms with van der Waals surface area (Å²) in [7, 11) is 0. The van der Waals surface area contributed by atoms with Gasteiger partial charge in [0.2, 0.25) is 5.91 Å². The zero-order valence-corrected chi connectivity index (χ0v) is 19.2. The van der Waals surface area contributed by atoms with Gasteiger partial charge in [0, 0.05) is 53.5 Å². The maximum absolute atomic E-state index is 11.8. The summed E-state index contributed by atoms with van der Waals surface area (Å²) in [6, 6.07) is 18.0. The number of carbonyl (C=O) groups excluding carboxylic acids is 2. The first-order valence-electron chi connectivity index (χ1n) is 10.8. The van der Waals surface area contributed by atoms with Crippen molar-refractivity contribution in [2.45, 2.75) is 0 Å². The van der Waals surface area contributed by atoms with Gasteiger partial charge in [-0.3, -0.25) is 9.59 Å². The lowest BCUT2D eigenvalue weighted by molar-refractivity contribution is -0.111. The highest BCUT2D eigenvalue weighted by Crippen LogP contribution is 2.34. The fourth-order valence-corrected chi connectivity index (χ4v) is 3.71. The molecule has 3 aromatic rings. The van der Waals surface area contributed by atoms with E-state index in [1.165, 1.54) is 6.08 Å². The van der Waals surface area contributed by atoms with Gasteiger partial charge in [-0.05, 0) is 48.5 Å². The van der Waals surface area contributed by atoms with Crippen molar-refractivity contribution in [3.63, 3.8) is 0 Å². The van der Waals surface area contributed by atoms with Gasteiger partial charge in [0.25, 0.3) is 0 Å². The average Bonchev–Trinajstić information content (AvgIpc) is 2.87. The number of hydrogen-bond acceptors (Lipinski definition) is 6. The van der Waals surface area contributed by atoms with Crippen LogP contribution in [0.2, 0.25) is 5.02 Å². The standard InChI is InChI=1S/C26H24ClN3O4/c1-2-26(32)29-19-4-3-5-22(15-19)34-25-16-20(6-8-23(25)27)28-24-9-7-21(14-18(24)17-31)30-10-12-33-13-11-30/h2-9,14-17,28H,1,10-13H2,(H,29,32). The predicted molar refractivity (Wildman–Crippen MR) is 135 cm³/mol. The second kappa shape index (κ2) is 10.9. The van der Waals surface area contributed by atoms with E-state index in [-0.39, 0.29) is 5.91 Å². The van der Waals surface area contributed by atoms with E-state index in [0.717, 1.165) is 25.1 Å². The van der Waals surface area contributed by atoms with Gasteiger partial charge in [-0.2, -0.15) is 0 Å². The number of halogens is 1. The van der Waals surface area contributed by atoms with Crippen molar-refractivity contribution in [3.8, 4) is 11.5 Å². The number of nitrogens with one attached hydrogen (secondary N) is 2. The molecule has 34 heavy (non-hydrogen) atoms. The van der Waals surface area contributed by atoms with Crippen molar-refractivity contribution >= 4 is 46.5 Å². The zero-order chi connectivity index (χ0) is 23.9. The normalized spacial score (nSPS) is 13.1. The molecule has 8 heteroatoms. The number of aldehydes is 1. The molecule has 4 rings (SSSR count). The molecule has 0 atom stereocenters. The summed E-state index contributed by atoms with van der Waals surface area (Å²) >= 11 is 6.35. The minimum atomic E-state index is -0.313. The van der Waals surface area contributed by atoms with Crippen molar-refractivity contribution < 1.29 is 19.1 Å². The van der Waals surface area contributed by atoms with Crippen LogP contribution in [0.3, 0.4) is 0 Å². The zero-order valence-electron chi connectivity index (χ0n) is 18.4. The van der Waals surface area contributed by atoms with E-state index in [4.69, 9.17) is 21.1 Å². The molecule has 0 aromatic heterocycles. The van der Waals surface area contributed by atoms with Gasteiger partial charge >= 0.3 is 0 Å². The summed E-state index contributed by atoms with van der Waals surface area (Å²) in [5.74, 6) is 0.618. The predicted octanol–water partition coefficient (Wildman–Crippen LogP) is 5.65. The first kappa shape index (κ1) is 23.4. The highest BCUT2D eigenvalue weighted by atomic mass is 35.5. The molecule has 0 aliphatic carbocycles. The second-order valence-corrected chi connectivity index (χ2v) is 7.99. The molecule has 1 fully saturated rings. The first-order chi connectivity index (χ1) is 16.6. The summed E-state index contributed by atoms with van der Waals surface area (Å²) in [6.45, 7) is 6.38. The first-order valence-corrected chi connectivity index (χ1v) is 11.1. The van der Waals surface area contributed by atoms with Gasteiger partial charge in [-0.15, -0.1) is 0 Å².